The minimum absolute atomic E-state index is 0.424. The van der Waals surface area contributed by atoms with Crippen molar-refractivity contribution in [1.29, 1.82) is 0 Å². The topological polar surface area (TPSA) is 34.1 Å². The van der Waals surface area contributed by atoms with Gasteiger partial charge in [-0.2, -0.15) is 0 Å². The number of hydrogen-bond acceptors (Lipinski definition) is 3. The van der Waals surface area contributed by atoms with E-state index in [1.54, 1.807) is 12.4 Å². The minimum Gasteiger partial charge on any atom is -0.455 e. The molecule has 0 aliphatic rings. The van der Waals surface area contributed by atoms with Crippen LogP contribution in [0.2, 0.25) is 5.02 Å². The molecule has 3 nitrogen and oxygen atoms in total. The van der Waals surface area contributed by atoms with Crippen LogP contribution >= 0.6 is 11.6 Å². The Kier molecular flexibility index (Phi) is 4.99. The highest BCUT2D eigenvalue weighted by molar-refractivity contribution is 6.30. The molecule has 20 heavy (non-hydrogen) atoms. The molecule has 1 aromatic heterocycles. The first kappa shape index (κ1) is 14.8. The lowest BCUT2D eigenvalue weighted by Crippen LogP contribution is -2.22. The van der Waals surface area contributed by atoms with Crippen LogP contribution in [0.1, 0.15) is 25.0 Å². The highest BCUT2D eigenvalue weighted by Crippen LogP contribution is 2.28. The largest absolute Gasteiger partial charge is 0.455 e. The molecule has 0 spiro atoms. The second kappa shape index (κ2) is 6.73. The number of ether oxygens (including phenoxy) is 1. The molecule has 0 saturated carbocycles. The normalized spacial score (nSPS) is 10.8. The van der Waals surface area contributed by atoms with E-state index in [-0.39, 0.29) is 0 Å². The van der Waals surface area contributed by atoms with Crippen LogP contribution in [0.15, 0.2) is 36.7 Å². The average Bonchev–Trinajstić information content (AvgIpc) is 2.41. The van der Waals surface area contributed by atoms with E-state index in [1.165, 1.54) is 0 Å². The molecule has 0 radical (unpaired) electrons. The quantitative estimate of drug-likeness (QED) is 0.890. The van der Waals surface area contributed by atoms with Crippen LogP contribution in [0.4, 0.5) is 0 Å². The summed E-state index contributed by atoms with van der Waals surface area (Å²) >= 11 is 5.96. The van der Waals surface area contributed by atoms with E-state index in [9.17, 15) is 0 Å². The van der Waals surface area contributed by atoms with Gasteiger partial charge in [0, 0.05) is 29.4 Å². The predicted octanol–water partition coefficient (Wildman–Crippen LogP) is 4.33. The Morgan fingerprint density at radius 1 is 1.25 bits per heavy atom. The Balaban J connectivity index is 2.20. The standard InChI is InChI=1S/C16H19ClN2O/c1-11(2)19-9-13-6-7-18-10-16(13)20-15-5-4-14(17)8-12(15)3/h4-8,10-11,19H,9H2,1-3H3. The fraction of sp³-hybridized carbons (Fsp3) is 0.312. The SMILES string of the molecule is Cc1cc(Cl)ccc1Oc1cnccc1CNC(C)C. The molecule has 0 amide bonds. The number of rotatable bonds is 5. The van der Waals surface area contributed by atoms with Crippen LogP contribution in [-0.2, 0) is 6.54 Å². The van der Waals surface area contributed by atoms with Gasteiger partial charge >= 0.3 is 0 Å². The van der Waals surface area contributed by atoms with E-state index in [2.05, 4.69) is 24.1 Å². The van der Waals surface area contributed by atoms with Crippen molar-refractivity contribution in [2.75, 3.05) is 0 Å². The average molecular weight is 291 g/mol. The molecule has 0 aliphatic carbocycles. The van der Waals surface area contributed by atoms with Crippen LogP contribution in [0.25, 0.3) is 0 Å². The van der Waals surface area contributed by atoms with Crippen LogP contribution in [0, 0.1) is 6.92 Å². The molecule has 1 heterocycles. The highest BCUT2D eigenvalue weighted by Gasteiger charge is 2.07. The zero-order chi connectivity index (χ0) is 14.5. The number of nitrogens with one attached hydrogen (secondary N) is 1. The van der Waals surface area contributed by atoms with Gasteiger partial charge in [-0.3, -0.25) is 4.98 Å². The Hall–Kier alpha value is -1.58. The summed E-state index contributed by atoms with van der Waals surface area (Å²) in [5.74, 6) is 1.57. The number of nitrogens with zero attached hydrogens (tertiary/aromatic N) is 1. The lowest BCUT2D eigenvalue weighted by atomic mass is 10.2. The van der Waals surface area contributed by atoms with Crippen molar-refractivity contribution in [3.05, 3.63) is 52.8 Å². The van der Waals surface area contributed by atoms with E-state index in [0.717, 1.165) is 29.2 Å². The maximum atomic E-state index is 5.97. The lowest BCUT2D eigenvalue weighted by molar-refractivity contribution is 0.463. The summed E-state index contributed by atoms with van der Waals surface area (Å²) in [7, 11) is 0. The zero-order valence-corrected chi connectivity index (χ0v) is 12.7. The summed E-state index contributed by atoms with van der Waals surface area (Å²) in [6, 6.07) is 7.99. The summed E-state index contributed by atoms with van der Waals surface area (Å²) < 4.78 is 5.97. The summed E-state index contributed by atoms with van der Waals surface area (Å²) in [5, 5.41) is 4.09. The molecule has 2 rings (SSSR count). The first-order valence-corrected chi connectivity index (χ1v) is 7.04. The Morgan fingerprint density at radius 2 is 2.05 bits per heavy atom. The third kappa shape index (κ3) is 3.95. The number of pyridine rings is 1. The predicted molar refractivity (Wildman–Crippen MR) is 82.5 cm³/mol. The van der Waals surface area contributed by atoms with Gasteiger partial charge in [-0.25, -0.2) is 0 Å². The lowest BCUT2D eigenvalue weighted by Gasteiger charge is -2.14. The number of aromatic nitrogens is 1. The van der Waals surface area contributed by atoms with Crippen LogP contribution in [0.5, 0.6) is 11.5 Å². The van der Waals surface area contributed by atoms with E-state index < -0.39 is 0 Å². The monoisotopic (exact) mass is 290 g/mol. The molecule has 0 fully saturated rings. The first-order chi connectivity index (χ1) is 9.56. The van der Waals surface area contributed by atoms with Crippen molar-refractivity contribution in [2.45, 2.75) is 33.4 Å². The van der Waals surface area contributed by atoms with Crippen molar-refractivity contribution < 1.29 is 4.74 Å². The van der Waals surface area contributed by atoms with Crippen LogP contribution in [-0.4, -0.2) is 11.0 Å². The maximum absolute atomic E-state index is 5.97. The highest BCUT2D eigenvalue weighted by atomic mass is 35.5. The molecule has 1 aromatic carbocycles. The van der Waals surface area contributed by atoms with Gasteiger partial charge in [0.05, 0.1) is 6.20 Å². The van der Waals surface area contributed by atoms with E-state index in [1.807, 2.05) is 31.2 Å². The molecule has 4 heteroatoms. The minimum atomic E-state index is 0.424. The van der Waals surface area contributed by atoms with E-state index >= 15 is 0 Å². The summed E-state index contributed by atoms with van der Waals surface area (Å²) in [4.78, 5) is 4.14. The molecule has 106 valence electrons. The second-order valence-corrected chi connectivity index (χ2v) is 5.47. The second-order valence-electron chi connectivity index (χ2n) is 5.03. The number of halogens is 1. The van der Waals surface area contributed by atoms with Gasteiger partial charge in [0.25, 0.3) is 0 Å². The summed E-state index contributed by atoms with van der Waals surface area (Å²) in [6.45, 7) is 6.96. The van der Waals surface area contributed by atoms with Gasteiger partial charge in [0.2, 0.25) is 0 Å². The van der Waals surface area contributed by atoms with E-state index in [0.29, 0.717) is 11.1 Å². The van der Waals surface area contributed by atoms with Gasteiger partial charge in [0.1, 0.15) is 11.5 Å². The molecule has 1 N–H and O–H groups in total. The third-order valence-electron chi connectivity index (χ3n) is 2.93. The van der Waals surface area contributed by atoms with Crippen LogP contribution in [0.3, 0.4) is 0 Å². The van der Waals surface area contributed by atoms with Gasteiger partial charge in [0.15, 0.2) is 0 Å². The van der Waals surface area contributed by atoms with Crippen LogP contribution < -0.4 is 10.1 Å². The third-order valence-corrected chi connectivity index (χ3v) is 3.16. The smallest absolute Gasteiger partial charge is 0.150 e. The Bertz CT molecular complexity index is 584. The number of aryl methyl sites for hydroxylation is 1. The first-order valence-electron chi connectivity index (χ1n) is 6.66. The number of benzene rings is 1. The van der Waals surface area contributed by atoms with Crippen molar-refractivity contribution in [3.8, 4) is 11.5 Å². The van der Waals surface area contributed by atoms with Gasteiger partial charge in [-0.15, -0.1) is 0 Å². The molecule has 0 bridgehead atoms. The van der Waals surface area contributed by atoms with Crippen molar-refractivity contribution >= 4 is 11.6 Å². The van der Waals surface area contributed by atoms with Crippen molar-refractivity contribution in [1.82, 2.24) is 10.3 Å². The maximum Gasteiger partial charge on any atom is 0.150 e. The van der Waals surface area contributed by atoms with Crippen molar-refractivity contribution in [3.63, 3.8) is 0 Å². The van der Waals surface area contributed by atoms with E-state index in [4.69, 9.17) is 16.3 Å². The summed E-state index contributed by atoms with van der Waals surface area (Å²) in [5.41, 5.74) is 2.09. The molecule has 0 aliphatic heterocycles. The fourth-order valence-electron chi connectivity index (χ4n) is 1.81. The molecular weight excluding hydrogens is 272 g/mol. The number of hydrogen-bond donors (Lipinski definition) is 1. The fourth-order valence-corrected chi connectivity index (χ4v) is 2.03. The molecular formula is C16H19ClN2O. The molecule has 0 atom stereocenters. The molecule has 2 aromatic rings. The van der Waals surface area contributed by atoms with Gasteiger partial charge in [-0.05, 0) is 36.8 Å². The molecule has 0 saturated heterocycles. The van der Waals surface area contributed by atoms with Gasteiger partial charge in [-0.1, -0.05) is 25.4 Å². The Morgan fingerprint density at radius 3 is 2.75 bits per heavy atom. The Labute approximate surface area is 124 Å². The molecule has 0 unspecified atom stereocenters. The zero-order valence-electron chi connectivity index (χ0n) is 12.0. The summed E-state index contributed by atoms with van der Waals surface area (Å²) in [6.07, 6.45) is 3.52. The van der Waals surface area contributed by atoms with Gasteiger partial charge < -0.3 is 10.1 Å². The van der Waals surface area contributed by atoms with Crippen molar-refractivity contribution in [2.24, 2.45) is 0 Å².